The Labute approximate surface area is 78.7 Å². The number of hydrogen-bond acceptors (Lipinski definition) is 1. The Morgan fingerprint density at radius 1 is 1.33 bits per heavy atom. The van der Waals surface area contributed by atoms with E-state index in [1.54, 1.807) is 0 Å². The summed E-state index contributed by atoms with van der Waals surface area (Å²) >= 11 is 0. The van der Waals surface area contributed by atoms with Gasteiger partial charge < -0.3 is 5.32 Å². The maximum absolute atomic E-state index is 3.98. The predicted octanol–water partition coefficient (Wildman–Crippen LogP) is 3.57. The molecular weight excluding hydrogens is 146 g/mol. The van der Waals surface area contributed by atoms with Crippen LogP contribution in [0.2, 0.25) is 0 Å². The second kappa shape index (κ2) is 6.10. The van der Waals surface area contributed by atoms with E-state index >= 15 is 0 Å². The Hall–Kier alpha value is -0.460. The molecule has 12 heavy (non-hydrogen) atoms. The Morgan fingerprint density at radius 3 is 2.33 bits per heavy atom. The summed E-state index contributed by atoms with van der Waals surface area (Å²) in [6.45, 7) is 12.8. The minimum atomic E-state index is 0. The Balaban J connectivity index is 0. The third-order valence-corrected chi connectivity index (χ3v) is 1.75. The van der Waals surface area contributed by atoms with Gasteiger partial charge in [-0.15, -0.1) is 0 Å². The molecule has 0 saturated heterocycles. The van der Waals surface area contributed by atoms with E-state index in [9.17, 15) is 0 Å². The molecule has 0 saturated carbocycles. The van der Waals surface area contributed by atoms with Gasteiger partial charge in [-0.2, -0.15) is 0 Å². The van der Waals surface area contributed by atoms with Gasteiger partial charge in [-0.1, -0.05) is 26.8 Å². The van der Waals surface area contributed by atoms with Gasteiger partial charge in [0.25, 0.3) is 0 Å². The van der Waals surface area contributed by atoms with Crippen molar-refractivity contribution in [2.75, 3.05) is 0 Å². The van der Waals surface area contributed by atoms with Crippen LogP contribution in [0.1, 0.15) is 48.4 Å². The van der Waals surface area contributed by atoms with E-state index in [-0.39, 0.29) is 1.43 Å². The number of rotatable bonds is 6. The van der Waals surface area contributed by atoms with Crippen molar-refractivity contribution in [3.63, 3.8) is 0 Å². The Kier molecular flexibility index (Phi) is 5.87. The van der Waals surface area contributed by atoms with Gasteiger partial charge in [-0.3, -0.25) is 0 Å². The van der Waals surface area contributed by atoms with Crippen molar-refractivity contribution in [2.24, 2.45) is 5.92 Å². The summed E-state index contributed by atoms with van der Waals surface area (Å²) < 4.78 is 0. The van der Waals surface area contributed by atoms with Crippen molar-refractivity contribution in [1.29, 1.82) is 0 Å². The summed E-state index contributed by atoms with van der Waals surface area (Å²) in [6.07, 6.45) is 3.69. The highest BCUT2D eigenvalue weighted by atomic mass is 14.9. The third kappa shape index (κ3) is 7.64. The second-order valence-corrected chi connectivity index (χ2v) is 4.19. The van der Waals surface area contributed by atoms with E-state index in [1.807, 2.05) is 0 Å². The fourth-order valence-corrected chi connectivity index (χ4v) is 1.20. The number of hydrogen-bond donors (Lipinski definition) is 1. The molecule has 0 aromatic heterocycles. The first-order valence-corrected chi connectivity index (χ1v) is 4.96. The quantitative estimate of drug-likeness (QED) is 0.644. The predicted molar refractivity (Wildman–Crippen MR) is 58.2 cm³/mol. The monoisotopic (exact) mass is 171 g/mol. The minimum absolute atomic E-state index is 0. The van der Waals surface area contributed by atoms with Gasteiger partial charge in [0.05, 0.1) is 0 Å². The average Bonchev–Trinajstić information content (AvgIpc) is 1.84. The molecule has 0 atom stereocenters. The lowest BCUT2D eigenvalue weighted by Crippen LogP contribution is -2.21. The van der Waals surface area contributed by atoms with Gasteiger partial charge in [-0.25, -0.2) is 0 Å². The van der Waals surface area contributed by atoms with Crippen LogP contribution in [-0.4, -0.2) is 6.04 Å². The lowest BCUT2D eigenvalue weighted by Gasteiger charge is -2.13. The van der Waals surface area contributed by atoms with Crippen LogP contribution in [0.3, 0.4) is 0 Å². The molecule has 0 aliphatic carbocycles. The molecule has 74 valence electrons. The van der Waals surface area contributed by atoms with Crippen LogP contribution in [0.4, 0.5) is 0 Å². The molecule has 1 N–H and O–H groups in total. The maximum Gasteiger partial charge on any atom is 0.0201 e. The molecule has 0 rings (SSSR count). The highest BCUT2D eigenvalue weighted by Gasteiger charge is 1.98. The molecule has 0 aromatic rings. The molecule has 0 aliphatic rings. The molecule has 0 bridgehead atoms. The fourth-order valence-electron chi connectivity index (χ4n) is 1.20. The molecule has 0 aromatic carbocycles. The van der Waals surface area contributed by atoms with Gasteiger partial charge >= 0.3 is 0 Å². The van der Waals surface area contributed by atoms with E-state index in [1.165, 1.54) is 18.5 Å². The summed E-state index contributed by atoms with van der Waals surface area (Å²) in [5.74, 6) is 0.817. The molecule has 0 unspecified atom stereocenters. The van der Waals surface area contributed by atoms with Crippen molar-refractivity contribution in [3.05, 3.63) is 12.3 Å². The van der Waals surface area contributed by atoms with Gasteiger partial charge in [-0.05, 0) is 32.6 Å². The lowest BCUT2D eigenvalue weighted by molar-refractivity contribution is 0.538. The first-order chi connectivity index (χ1) is 5.52. The normalized spacial score (nSPS) is 10.8. The van der Waals surface area contributed by atoms with Crippen molar-refractivity contribution in [1.82, 2.24) is 5.32 Å². The Morgan fingerprint density at radius 2 is 1.92 bits per heavy atom. The maximum atomic E-state index is 3.98. The average molecular weight is 171 g/mol. The summed E-state index contributed by atoms with van der Waals surface area (Å²) in [6, 6.07) is 0.525. The lowest BCUT2D eigenvalue weighted by atomic mass is 10.1. The third-order valence-electron chi connectivity index (χ3n) is 1.75. The standard InChI is InChI=1S/C11H23N.H2/c1-9(2)7-6-8-11(5)12-10(3)4;/h9-10,12H,5-8H2,1-4H3;1H. The van der Waals surface area contributed by atoms with Crippen LogP contribution in [0.15, 0.2) is 12.3 Å². The van der Waals surface area contributed by atoms with E-state index in [0.29, 0.717) is 6.04 Å². The van der Waals surface area contributed by atoms with Crippen LogP contribution in [0.25, 0.3) is 0 Å². The molecule has 1 nitrogen and oxygen atoms in total. The molecule has 0 amide bonds. The van der Waals surface area contributed by atoms with Crippen molar-refractivity contribution < 1.29 is 1.43 Å². The highest BCUT2D eigenvalue weighted by molar-refractivity contribution is 4.91. The first kappa shape index (κ1) is 11.5. The fraction of sp³-hybridized carbons (Fsp3) is 0.818. The van der Waals surface area contributed by atoms with Gasteiger partial charge in [0.2, 0.25) is 0 Å². The summed E-state index contributed by atoms with van der Waals surface area (Å²) in [5, 5.41) is 3.32. The summed E-state index contributed by atoms with van der Waals surface area (Å²) in [4.78, 5) is 0. The zero-order chi connectivity index (χ0) is 9.56. The highest BCUT2D eigenvalue weighted by Crippen LogP contribution is 2.09. The van der Waals surface area contributed by atoms with E-state index in [4.69, 9.17) is 0 Å². The van der Waals surface area contributed by atoms with Crippen LogP contribution in [0, 0.1) is 5.92 Å². The molecule has 1 heteroatoms. The van der Waals surface area contributed by atoms with Crippen LogP contribution >= 0.6 is 0 Å². The van der Waals surface area contributed by atoms with Crippen LogP contribution in [0.5, 0.6) is 0 Å². The number of allylic oxidation sites excluding steroid dienone is 1. The largest absolute Gasteiger partial charge is 0.387 e. The molecule has 0 spiro atoms. The summed E-state index contributed by atoms with van der Waals surface area (Å²) in [5.41, 5.74) is 1.19. The SMILES string of the molecule is C=C(CCCC(C)C)NC(C)C.[HH]. The molecular formula is C11H25N. The topological polar surface area (TPSA) is 12.0 Å². The molecule has 0 aliphatic heterocycles. The molecule has 0 radical (unpaired) electrons. The van der Waals surface area contributed by atoms with Crippen molar-refractivity contribution in [3.8, 4) is 0 Å². The zero-order valence-corrected chi connectivity index (χ0v) is 8.98. The molecule has 0 heterocycles. The first-order valence-electron chi connectivity index (χ1n) is 4.96. The summed E-state index contributed by atoms with van der Waals surface area (Å²) in [7, 11) is 0. The van der Waals surface area contributed by atoms with Crippen LogP contribution < -0.4 is 5.32 Å². The van der Waals surface area contributed by atoms with Gasteiger partial charge in [0.1, 0.15) is 0 Å². The number of nitrogens with one attached hydrogen (secondary N) is 1. The van der Waals surface area contributed by atoms with E-state index < -0.39 is 0 Å². The zero-order valence-electron chi connectivity index (χ0n) is 8.98. The minimum Gasteiger partial charge on any atom is -0.387 e. The van der Waals surface area contributed by atoms with Gasteiger partial charge in [0, 0.05) is 13.2 Å². The van der Waals surface area contributed by atoms with Crippen LogP contribution in [-0.2, 0) is 0 Å². The Bertz CT molecular complexity index is 130. The van der Waals surface area contributed by atoms with Crippen molar-refractivity contribution >= 4 is 0 Å². The smallest absolute Gasteiger partial charge is 0.0201 e. The van der Waals surface area contributed by atoms with Gasteiger partial charge in [0.15, 0.2) is 0 Å². The van der Waals surface area contributed by atoms with E-state index in [2.05, 4.69) is 39.6 Å². The van der Waals surface area contributed by atoms with E-state index in [0.717, 1.165) is 12.3 Å². The molecule has 0 fully saturated rings. The van der Waals surface area contributed by atoms with Crippen molar-refractivity contribution in [2.45, 2.75) is 53.0 Å². The second-order valence-electron chi connectivity index (χ2n) is 4.19.